The van der Waals surface area contributed by atoms with Crippen molar-refractivity contribution in [3.05, 3.63) is 0 Å². The molecule has 0 saturated heterocycles. The molecule has 1 atom stereocenters. The second-order valence-corrected chi connectivity index (χ2v) is 3.58. The van der Waals surface area contributed by atoms with Gasteiger partial charge in [0.15, 0.2) is 0 Å². The first kappa shape index (κ1) is 11.8. The fraction of sp³-hybridized carbons (Fsp3) is 0.875. The van der Waals surface area contributed by atoms with Crippen LogP contribution in [0.5, 0.6) is 0 Å². The maximum Gasteiger partial charge on any atom is 0.221 e. The largest absolute Gasteiger partial charge is 0.353 e. The lowest BCUT2D eigenvalue weighted by Crippen LogP contribution is -2.36. The molecule has 0 spiro atoms. The first-order chi connectivity index (χ1) is 5.74. The number of hydrogen-bond acceptors (Lipinski definition) is 3. The van der Waals surface area contributed by atoms with E-state index in [4.69, 9.17) is 5.73 Å². The van der Waals surface area contributed by atoms with Gasteiger partial charge in [-0.1, -0.05) is 6.92 Å². The van der Waals surface area contributed by atoms with E-state index in [0.29, 0.717) is 19.0 Å². The van der Waals surface area contributed by atoms with Gasteiger partial charge in [0.2, 0.25) is 5.91 Å². The summed E-state index contributed by atoms with van der Waals surface area (Å²) in [7, 11) is 0. The van der Waals surface area contributed by atoms with Crippen molar-refractivity contribution in [2.75, 3.05) is 18.6 Å². The topological polar surface area (TPSA) is 55.1 Å². The van der Waals surface area contributed by atoms with E-state index >= 15 is 0 Å². The zero-order valence-electron chi connectivity index (χ0n) is 7.80. The fourth-order valence-electron chi connectivity index (χ4n) is 0.894. The molecular weight excluding hydrogens is 172 g/mol. The van der Waals surface area contributed by atoms with Crippen LogP contribution in [0.3, 0.4) is 0 Å². The van der Waals surface area contributed by atoms with Crippen LogP contribution in [0, 0.1) is 0 Å². The molecule has 0 aromatic heterocycles. The minimum atomic E-state index is 0.0680. The minimum Gasteiger partial charge on any atom is -0.353 e. The lowest BCUT2D eigenvalue weighted by Gasteiger charge is -2.14. The normalized spacial score (nSPS) is 12.6. The first-order valence-corrected chi connectivity index (χ1v) is 5.62. The maximum absolute atomic E-state index is 11.1. The standard InChI is InChI=1S/C8H18N2OS/c1-3-7(6-12-2)10-8(11)4-5-9/h7H,3-6,9H2,1-2H3,(H,10,11). The predicted molar refractivity (Wildman–Crippen MR) is 54.3 cm³/mol. The molecular formula is C8H18N2OS. The van der Waals surface area contributed by atoms with Gasteiger partial charge >= 0.3 is 0 Å². The van der Waals surface area contributed by atoms with Gasteiger partial charge in [0.05, 0.1) is 0 Å². The number of nitrogens with one attached hydrogen (secondary N) is 1. The summed E-state index contributed by atoms with van der Waals surface area (Å²) >= 11 is 1.75. The van der Waals surface area contributed by atoms with Gasteiger partial charge < -0.3 is 11.1 Å². The van der Waals surface area contributed by atoms with Gasteiger partial charge in [-0.15, -0.1) is 0 Å². The van der Waals surface area contributed by atoms with Crippen LogP contribution in [0.4, 0.5) is 0 Å². The number of amides is 1. The number of rotatable bonds is 6. The highest BCUT2D eigenvalue weighted by Gasteiger charge is 2.07. The average molecular weight is 190 g/mol. The number of nitrogens with two attached hydrogens (primary N) is 1. The van der Waals surface area contributed by atoms with Gasteiger partial charge in [-0.3, -0.25) is 4.79 Å². The van der Waals surface area contributed by atoms with Gasteiger partial charge in [-0.2, -0.15) is 11.8 Å². The van der Waals surface area contributed by atoms with Crippen LogP contribution in [0.15, 0.2) is 0 Å². The third kappa shape index (κ3) is 5.43. The lowest BCUT2D eigenvalue weighted by molar-refractivity contribution is -0.121. The molecule has 0 fully saturated rings. The molecule has 0 aromatic carbocycles. The van der Waals surface area contributed by atoms with Gasteiger partial charge in [0.25, 0.3) is 0 Å². The summed E-state index contributed by atoms with van der Waals surface area (Å²) in [5, 5.41) is 2.93. The van der Waals surface area contributed by atoms with Crippen LogP contribution < -0.4 is 11.1 Å². The zero-order valence-corrected chi connectivity index (χ0v) is 8.62. The third-order valence-electron chi connectivity index (χ3n) is 1.60. The third-order valence-corrected chi connectivity index (χ3v) is 2.33. The molecule has 72 valence electrons. The van der Waals surface area contributed by atoms with Crippen LogP contribution in [-0.2, 0) is 4.79 Å². The second-order valence-electron chi connectivity index (χ2n) is 2.67. The van der Waals surface area contributed by atoms with E-state index in [0.717, 1.165) is 12.2 Å². The SMILES string of the molecule is CCC(CSC)NC(=O)CCN. The Morgan fingerprint density at radius 1 is 1.67 bits per heavy atom. The predicted octanol–water partition coefficient (Wildman–Crippen LogP) is 0.593. The van der Waals surface area contributed by atoms with Crippen molar-refractivity contribution in [3.63, 3.8) is 0 Å². The molecule has 0 bridgehead atoms. The monoisotopic (exact) mass is 190 g/mol. The molecule has 1 amide bonds. The van der Waals surface area contributed by atoms with Crippen LogP contribution in [-0.4, -0.2) is 30.5 Å². The van der Waals surface area contributed by atoms with Gasteiger partial charge in [0, 0.05) is 24.8 Å². The molecule has 0 aromatic rings. The molecule has 1 unspecified atom stereocenters. The molecule has 0 aliphatic heterocycles. The minimum absolute atomic E-state index is 0.0680. The summed E-state index contributed by atoms with van der Waals surface area (Å²) in [5.41, 5.74) is 5.25. The van der Waals surface area contributed by atoms with E-state index in [2.05, 4.69) is 12.2 Å². The van der Waals surface area contributed by atoms with E-state index in [1.807, 2.05) is 6.26 Å². The highest BCUT2D eigenvalue weighted by Crippen LogP contribution is 2.00. The van der Waals surface area contributed by atoms with E-state index < -0.39 is 0 Å². The smallest absolute Gasteiger partial charge is 0.221 e. The van der Waals surface area contributed by atoms with Gasteiger partial charge in [0.1, 0.15) is 0 Å². The summed E-state index contributed by atoms with van der Waals surface area (Å²) in [6.07, 6.45) is 3.46. The quantitative estimate of drug-likeness (QED) is 0.644. The van der Waals surface area contributed by atoms with Gasteiger partial charge in [-0.25, -0.2) is 0 Å². The Hall–Kier alpha value is -0.220. The Labute approximate surface area is 78.5 Å². The number of hydrogen-bond donors (Lipinski definition) is 2. The average Bonchev–Trinajstić information content (AvgIpc) is 2.04. The van der Waals surface area contributed by atoms with Gasteiger partial charge in [-0.05, 0) is 12.7 Å². The molecule has 12 heavy (non-hydrogen) atoms. The van der Waals surface area contributed by atoms with Crippen molar-refractivity contribution < 1.29 is 4.79 Å². The van der Waals surface area contributed by atoms with Crippen molar-refractivity contribution in [3.8, 4) is 0 Å². The van der Waals surface area contributed by atoms with Crippen LogP contribution in [0.2, 0.25) is 0 Å². The van der Waals surface area contributed by atoms with Crippen molar-refractivity contribution in [1.29, 1.82) is 0 Å². The number of carbonyl (C=O) groups excluding carboxylic acids is 1. The van der Waals surface area contributed by atoms with Crippen molar-refractivity contribution in [1.82, 2.24) is 5.32 Å². The Bertz CT molecular complexity index is 130. The summed E-state index contributed by atoms with van der Waals surface area (Å²) < 4.78 is 0. The molecule has 4 heteroatoms. The molecule has 0 radical (unpaired) electrons. The van der Waals surface area contributed by atoms with E-state index in [1.54, 1.807) is 11.8 Å². The van der Waals surface area contributed by atoms with Crippen molar-refractivity contribution in [2.45, 2.75) is 25.8 Å². The highest BCUT2D eigenvalue weighted by atomic mass is 32.2. The molecule has 0 aliphatic rings. The van der Waals surface area contributed by atoms with Crippen molar-refractivity contribution >= 4 is 17.7 Å². The first-order valence-electron chi connectivity index (χ1n) is 4.23. The Morgan fingerprint density at radius 3 is 2.75 bits per heavy atom. The molecule has 0 heterocycles. The molecule has 0 saturated carbocycles. The summed E-state index contributed by atoms with van der Waals surface area (Å²) in [6, 6.07) is 0.305. The lowest BCUT2D eigenvalue weighted by atomic mass is 10.2. The number of carbonyl (C=O) groups is 1. The molecule has 3 nitrogen and oxygen atoms in total. The highest BCUT2D eigenvalue weighted by molar-refractivity contribution is 7.98. The summed E-state index contributed by atoms with van der Waals surface area (Å²) in [4.78, 5) is 11.1. The maximum atomic E-state index is 11.1. The van der Waals surface area contributed by atoms with E-state index in [9.17, 15) is 4.79 Å². The van der Waals surface area contributed by atoms with Crippen LogP contribution in [0.25, 0.3) is 0 Å². The Morgan fingerprint density at radius 2 is 2.33 bits per heavy atom. The fourth-order valence-corrected chi connectivity index (χ4v) is 1.62. The van der Waals surface area contributed by atoms with Crippen LogP contribution in [0.1, 0.15) is 19.8 Å². The summed E-state index contributed by atoms with van der Waals surface area (Å²) in [6.45, 7) is 2.51. The number of thioether (sulfide) groups is 1. The second kappa shape index (κ2) is 7.43. The van der Waals surface area contributed by atoms with Crippen molar-refractivity contribution in [2.24, 2.45) is 5.73 Å². The molecule has 0 aliphatic carbocycles. The molecule has 0 rings (SSSR count). The van der Waals surface area contributed by atoms with E-state index in [-0.39, 0.29) is 5.91 Å². The summed E-state index contributed by atoms with van der Waals surface area (Å²) in [5.74, 6) is 1.05. The Kier molecular flexibility index (Phi) is 7.29. The van der Waals surface area contributed by atoms with Crippen LogP contribution >= 0.6 is 11.8 Å². The molecule has 3 N–H and O–H groups in total. The van der Waals surface area contributed by atoms with E-state index in [1.165, 1.54) is 0 Å². The Balaban J connectivity index is 3.61. The zero-order chi connectivity index (χ0) is 9.40.